The second kappa shape index (κ2) is 4.77. The molecule has 15 heavy (non-hydrogen) atoms. The number of benzene rings is 1. The number of carbonyl (C=O) groups is 1. The number of ether oxygens (including phenoxy) is 1. The highest BCUT2D eigenvalue weighted by Gasteiger charge is 2.23. The van der Waals surface area contributed by atoms with Crippen LogP contribution in [0.4, 0.5) is 0 Å². The maximum absolute atomic E-state index is 11.8. The van der Waals surface area contributed by atoms with E-state index >= 15 is 0 Å². The highest BCUT2D eigenvalue weighted by molar-refractivity contribution is 6.30. The Morgan fingerprint density at radius 3 is 2.73 bits per heavy atom. The third kappa shape index (κ3) is 2.80. The van der Waals surface area contributed by atoms with E-state index in [1.54, 1.807) is 0 Å². The molecule has 1 atom stereocenters. The molecule has 0 aliphatic carbocycles. The average molecular weight is 225 g/mol. The number of hydrogen-bond donors (Lipinski definition) is 0. The summed E-state index contributed by atoms with van der Waals surface area (Å²) in [4.78, 5) is 11.8. The van der Waals surface area contributed by atoms with Gasteiger partial charge in [0.15, 0.2) is 0 Å². The first kappa shape index (κ1) is 10.7. The predicted octanol–water partition coefficient (Wildman–Crippen LogP) is 2.49. The molecule has 1 saturated heterocycles. The van der Waals surface area contributed by atoms with Crippen molar-refractivity contribution in [1.82, 2.24) is 0 Å². The minimum atomic E-state index is 0.0979. The Labute approximate surface area is 94.2 Å². The van der Waals surface area contributed by atoms with Crippen LogP contribution in [0.5, 0.6) is 0 Å². The van der Waals surface area contributed by atoms with E-state index in [-0.39, 0.29) is 11.7 Å². The van der Waals surface area contributed by atoms with Crippen LogP contribution >= 0.6 is 11.6 Å². The fourth-order valence-electron chi connectivity index (χ4n) is 1.74. The molecule has 0 aromatic heterocycles. The molecule has 1 aliphatic heterocycles. The zero-order valence-electron chi connectivity index (χ0n) is 8.41. The second-order valence-corrected chi connectivity index (χ2v) is 4.27. The Bertz CT molecular complexity index is 339. The lowest BCUT2D eigenvalue weighted by Crippen LogP contribution is -2.16. The third-order valence-electron chi connectivity index (χ3n) is 2.68. The van der Waals surface area contributed by atoms with Gasteiger partial charge in [-0.25, -0.2) is 0 Å². The molecule has 3 heteroatoms. The van der Waals surface area contributed by atoms with Crippen molar-refractivity contribution in [1.29, 1.82) is 0 Å². The monoisotopic (exact) mass is 224 g/mol. The molecule has 80 valence electrons. The zero-order valence-corrected chi connectivity index (χ0v) is 9.17. The van der Waals surface area contributed by atoms with Gasteiger partial charge in [-0.15, -0.1) is 0 Å². The van der Waals surface area contributed by atoms with E-state index in [1.807, 2.05) is 24.3 Å². The first-order valence-electron chi connectivity index (χ1n) is 5.10. The lowest BCUT2D eigenvalue weighted by atomic mass is 9.97. The molecular weight excluding hydrogens is 212 g/mol. The fourth-order valence-corrected chi connectivity index (χ4v) is 1.86. The van der Waals surface area contributed by atoms with Gasteiger partial charge in [-0.1, -0.05) is 23.7 Å². The third-order valence-corrected chi connectivity index (χ3v) is 2.93. The highest BCUT2D eigenvalue weighted by Crippen LogP contribution is 2.17. The Morgan fingerprint density at radius 2 is 2.13 bits per heavy atom. The van der Waals surface area contributed by atoms with Gasteiger partial charge < -0.3 is 4.74 Å². The summed E-state index contributed by atoms with van der Waals surface area (Å²) in [5.41, 5.74) is 1.02. The molecule has 2 nitrogen and oxygen atoms in total. The molecule has 1 aromatic rings. The Balaban J connectivity index is 1.96. The average Bonchev–Trinajstić information content (AvgIpc) is 2.74. The summed E-state index contributed by atoms with van der Waals surface area (Å²) in [6, 6.07) is 7.43. The predicted molar refractivity (Wildman–Crippen MR) is 59.1 cm³/mol. The van der Waals surface area contributed by atoms with E-state index in [1.165, 1.54) is 0 Å². The summed E-state index contributed by atoms with van der Waals surface area (Å²) in [5.74, 6) is 0.371. The van der Waals surface area contributed by atoms with E-state index in [2.05, 4.69) is 0 Å². The minimum absolute atomic E-state index is 0.0979. The fraction of sp³-hybridized carbons (Fsp3) is 0.417. The molecular formula is C12H13ClO2. The van der Waals surface area contributed by atoms with Crippen LogP contribution in [0.1, 0.15) is 12.0 Å². The molecule has 2 rings (SSSR count). The van der Waals surface area contributed by atoms with Gasteiger partial charge in [-0.05, 0) is 24.1 Å². The Hall–Kier alpha value is -0.860. The lowest BCUT2D eigenvalue weighted by Gasteiger charge is -2.06. The molecule has 0 saturated carbocycles. The van der Waals surface area contributed by atoms with Crippen LogP contribution in [-0.4, -0.2) is 19.0 Å². The first-order valence-corrected chi connectivity index (χ1v) is 5.48. The van der Waals surface area contributed by atoms with Crippen molar-refractivity contribution in [2.24, 2.45) is 5.92 Å². The number of ketones is 1. The maximum atomic E-state index is 11.8. The molecule has 1 aliphatic rings. The Morgan fingerprint density at radius 1 is 1.40 bits per heavy atom. The highest BCUT2D eigenvalue weighted by atomic mass is 35.5. The van der Waals surface area contributed by atoms with Crippen LogP contribution in [0.15, 0.2) is 24.3 Å². The second-order valence-electron chi connectivity index (χ2n) is 3.83. The van der Waals surface area contributed by atoms with E-state index in [9.17, 15) is 4.79 Å². The van der Waals surface area contributed by atoms with Crippen LogP contribution in [0.25, 0.3) is 0 Å². The van der Waals surface area contributed by atoms with Crippen molar-refractivity contribution >= 4 is 17.4 Å². The summed E-state index contributed by atoms with van der Waals surface area (Å²) >= 11 is 5.77. The van der Waals surface area contributed by atoms with Crippen molar-refractivity contribution in [3.05, 3.63) is 34.9 Å². The summed E-state index contributed by atoms with van der Waals surface area (Å²) < 4.78 is 5.19. The molecule has 1 fully saturated rings. The summed E-state index contributed by atoms with van der Waals surface area (Å²) in [6.45, 7) is 1.31. The summed E-state index contributed by atoms with van der Waals surface area (Å²) in [7, 11) is 0. The molecule has 0 radical (unpaired) electrons. The normalized spacial score (nSPS) is 20.5. The van der Waals surface area contributed by atoms with Crippen LogP contribution in [0.3, 0.4) is 0 Å². The van der Waals surface area contributed by atoms with Gasteiger partial charge in [0.05, 0.1) is 6.61 Å². The van der Waals surface area contributed by atoms with Crippen molar-refractivity contribution in [3.8, 4) is 0 Å². The number of rotatable bonds is 3. The van der Waals surface area contributed by atoms with Gasteiger partial charge in [0.1, 0.15) is 5.78 Å². The largest absolute Gasteiger partial charge is 0.381 e. The van der Waals surface area contributed by atoms with Gasteiger partial charge in [0.2, 0.25) is 0 Å². The van der Waals surface area contributed by atoms with Crippen molar-refractivity contribution in [2.75, 3.05) is 13.2 Å². The van der Waals surface area contributed by atoms with Crippen molar-refractivity contribution in [2.45, 2.75) is 12.8 Å². The van der Waals surface area contributed by atoms with Gasteiger partial charge in [0, 0.05) is 24.0 Å². The van der Waals surface area contributed by atoms with Crippen molar-refractivity contribution in [3.63, 3.8) is 0 Å². The van der Waals surface area contributed by atoms with Gasteiger partial charge in [-0.2, -0.15) is 0 Å². The van der Waals surface area contributed by atoms with Crippen LogP contribution in [0, 0.1) is 5.92 Å². The first-order chi connectivity index (χ1) is 7.25. The standard InChI is InChI=1S/C12H13ClO2/c13-11-3-1-9(2-4-11)7-12(14)10-5-6-15-8-10/h1-4,10H,5-8H2. The molecule has 0 spiro atoms. The maximum Gasteiger partial charge on any atom is 0.142 e. The topological polar surface area (TPSA) is 26.3 Å². The summed E-state index contributed by atoms with van der Waals surface area (Å²) in [5, 5.41) is 0.704. The van der Waals surface area contributed by atoms with Gasteiger partial charge in [-0.3, -0.25) is 4.79 Å². The lowest BCUT2D eigenvalue weighted by molar-refractivity contribution is -0.122. The quantitative estimate of drug-likeness (QED) is 0.789. The number of carbonyl (C=O) groups excluding carboxylic acids is 1. The Kier molecular flexibility index (Phi) is 3.39. The molecule has 1 aromatic carbocycles. The molecule has 1 unspecified atom stereocenters. The van der Waals surface area contributed by atoms with Crippen LogP contribution in [-0.2, 0) is 16.0 Å². The molecule has 1 heterocycles. The zero-order chi connectivity index (χ0) is 10.7. The van der Waals surface area contributed by atoms with Crippen LogP contribution in [0.2, 0.25) is 5.02 Å². The molecule has 0 N–H and O–H groups in total. The van der Waals surface area contributed by atoms with Gasteiger partial charge in [0.25, 0.3) is 0 Å². The smallest absolute Gasteiger partial charge is 0.142 e. The van der Waals surface area contributed by atoms with E-state index < -0.39 is 0 Å². The SMILES string of the molecule is O=C(Cc1ccc(Cl)cc1)C1CCOC1. The molecule has 0 amide bonds. The van der Waals surface area contributed by atoms with Gasteiger partial charge >= 0.3 is 0 Å². The van der Waals surface area contributed by atoms with E-state index in [0.717, 1.165) is 18.6 Å². The van der Waals surface area contributed by atoms with E-state index in [4.69, 9.17) is 16.3 Å². The number of halogens is 1. The number of hydrogen-bond acceptors (Lipinski definition) is 2. The summed E-state index contributed by atoms with van der Waals surface area (Å²) in [6.07, 6.45) is 1.36. The van der Waals surface area contributed by atoms with E-state index in [0.29, 0.717) is 18.1 Å². The van der Waals surface area contributed by atoms with Crippen molar-refractivity contribution < 1.29 is 9.53 Å². The number of Topliss-reactive ketones (excluding diaryl/α,β-unsaturated/α-hetero) is 1. The minimum Gasteiger partial charge on any atom is -0.381 e. The van der Waals surface area contributed by atoms with Crippen LogP contribution < -0.4 is 0 Å². The molecule has 0 bridgehead atoms.